The second-order valence-corrected chi connectivity index (χ2v) is 11.9. The molecule has 1 aromatic rings. The maximum atomic E-state index is 13.9. The summed E-state index contributed by atoms with van der Waals surface area (Å²) in [6.07, 6.45) is 2.87. The summed E-state index contributed by atoms with van der Waals surface area (Å²) in [5.74, 6) is -4.07. The van der Waals surface area contributed by atoms with E-state index in [2.05, 4.69) is 26.3 Å². The molecule has 17 heteroatoms. The molecule has 47 heavy (non-hydrogen) atoms. The van der Waals surface area contributed by atoms with Crippen LogP contribution in [0.25, 0.3) is 0 Å². The minimum Gasteiger partial charge on any atom is -0.504 e. The van der Waals surface area contributed by atoms with Crippen molar-refractivity contribution in [3.63, 3.8) is 0 Å². The van der Waals surface area contributed by atoms with Gasteiger partial charge in [-0.25, -0.2) is 4.79 Å². The number of hydrogen-bond donors (Lipinski definition) is 10. The van der Waals surface area contributed by atoms with Gasteiger partial charge in [0.05, 0.1) is 6.04 Å². The summed E-state index contributed by atoms with van der Waals surface area (Å²) in [5, 5.41) is 40.1. The molecule has 0 aliphatic carbocycles. The average Bonchev–Trinajstić information content (AvgIpc) is 3.52. The van der Waals surface area contributed by atoms with Crippen molar-refractivity contribution in [2.75, 3.05) is 19.6 Å². The minimum atomic E-state index is -1.19. The van der Waals surface area contributed by atoms with Gasteiger partial charge in [-0.15, -0.1) is 0 Å². The number of carbonyl (C=O) groups excluding carboxylic acids is 4. The largest absolute Gasteiger partial charge is 0.504 e. The van der Waals surface area contributed by atoms with E-state index in [0.29, 0.717) is 44.2 Å². The normalized spacial score (nSPS) is 19.1. The SMILES string of the molecule is C[C@H](NC(=O)[C@@H]1CCCN1C(=O)[C@H](CCCN=C(N)N)NC(=O)[C@H]1Cc2cc(O)c(O)cc2CN1)C(=O)N[C@@H](CCCCN)C(=O)O. The van der Waals surface area contributed by atoms with Gasteiger partial charge in [-0.1, -0.05) is 0 Å². The number of aromatic hydroxyl groups is 2. The fourth-order valence-electron chi connectivity index (χ4n) is 5.69. The molecule has 5 atom stereocenters. The standard InChI is InChI=1S/C30H47N9O8/c1-16(25(42)38-20(29(46)47)6-2-3-9-31)36-27(44)22-8-5-11-39(22)28(45)19(7-4-10-34-30(32)33)37-26(43)21-12-17-13-23(40)24(41)14-18(17)15-35-21/h13-14,16,19-22,35,40-41H,2-12,15,31H2,1H3,(H,36,44)(H,37,43)(H,38,42)(H,46,47)(H4,32,33,34)/t16-,19-,20-,21+,22-/m0/s1. The van der Waals surface area contributed by atoms with Crippen LogP contribution in [0.4, 0.5) is 0 Å². The third-order valence-electron chi connectivity index (χ3n) is 8.29. The smallest absolute Gasteiger partial charge is 0.326 e. The van der Waals surface area contributed by atoms with E-state index in [1.54, 1.807) is 0 Å². The number of fused-ring (bicyclic) bond motifs is 1. The molecule has 0 radical (unpaired) electrons. The third kappa shape index (κ3) is 10.4. The van der Waals surface area contributed by atoms with Crippen LogP contribution in [0.2, 0.25) is 0 Å². The molecule has 2 heterocycles. The molecular formula is C30H47N9O8. The van der Waals surface area contributed by atoms with E-state index in [9.17, 15) is 39.3 Å². The van der Waals surface area contributed by atoms with Crippen LogP contribution in [0.15, 0.2) is 17.1 Å². The quantitative estimate of drug-likeness (QED) is 0.0393. The van der Waals surface area contributed by atoms with Crippen LogP contribution >= 0.6 is 0 Å². The number of phenolic OH excluding ortho intramolecular Hbond substituents is 2. The second-order valence-electron chi connectivity index (χ2n) is 11.9. The van der Waals surface area contributed by atoms with E-state index in [4.69, 9.17) is 17.2 Å². The van der Waals surface area contributed by atoms with Crippen molar-refractivity contribution in [1.82, 2.24) is 26.2 Å². The predicted octanol–water partition coefficient (Wildman–Crippen LogP) is -2.16. The molecule has 0 spiro atoms. The van der Waals surface area contributed by atoms with Gasteiger partial charge in [0.25, 0.3) is 0 Å². The van der Waals surface area contributed by atoms with Gasteiger partial charge in [0.1, 0.15) is 24.2 Å². The number of hydrogen-bond acceptors (Lipinski definition) is 10. The van der Waals surface area contributed by atoms with Crippen molar-refractivity contribution in [2.45, 2.75) is 95.0 Å². The molecular weight excluding hydrogens is 614 g/mol. The van der Waals surface area contributed by atoms with Gasteiger partial charge in [0.15, 0.2) is 17.5 Å². The summed E-state index contributed by atoms with van der Waals surface area (Å²) < 4.78 is 0. The van der Waals surface area contributed by atoms with Crippen molar-refractivity contribution >= 4 is 35.6 Å². The van der Waals surface area contributed by atoms with E-state index in [-0.39, 0.29) is 56.4 Å². The van der Waals surface area contributed by atoms with Crippen LogP contribution in [-0.2, 0) is 36.9 Å². The van der Waals surface area contributed by atoms with Crippen molar-refractivity contribution in [3.05, 3.63) is 23.3 Å². The Morgan fingerprint density at radius 3 is 2.32 bits per heavy atom. The lowest BCUT2D eigenvalue weighted by atomic mass is 9.94. The average molecular weight is 662 g/mol. The maximum Gasteiger partial charge on any atom is 0.326 e. The van der Waals surface area contributed by atoms with Crippen LogP contribution in [0.1, 0.15) is 63.0 Å². The predicted molar refractivity (Wildman–Crippen MR) is 171 cm³/mol. The van der Waals surface area contributed by atoms with E-state index in [1.807, 2.05) is 0 Å². The number of carboxylic acids is 1. The Hall–Kier alpha value is -4.64. The highest BCUT2D eigenvalue weighted by Gasteiger charge is 2.39. The Kier molecular flexibility index (Phi) is 13.6. The summed E-state index contributed by atoms with van der Waals surface area (Å²) >= 11 is 0. The van der Waals surface area contributed by atoms with Gasteiger partial charge in [0, 0.05) is 19.6 Å². The highest BCUT2D eigenvalue weighted by molar-refractivity contribution is 5.95. The molecule has 4 amide bonds. The summed E-state index contributed by atoms with van der Waals surface area (Å²) in [7, 11) is 0. The molecule has 17 nitrogen and oxygen atoms in total. The molecule has 0 saturated carbocycles. The van der Waals surface area contributed by atoms with Gasteiger partial charge in [-0.2, -0.15) is 0 Å². The zero-order valence-electron chi connectivity index (χ0n) is 26.5. The van der Waals surface area contributed by atoms with Gasteiger partial charge in [-0.3, -0.25) is 24.2 Å². The van der Waals surface area contributed by atoms with Gasteiger partial charge >= 0.3 is 5.97 Å². The van der Waals surface area contributed by atoms with Gasteiger partial charge < -0.3 is 58.7 Å². The zero-order valence-corrected chi connectivity index (χ0v) is 26.5. The minimum absolute atomic E-state index is 0.115. The molecule has 2 aliphatic rings. The second kappa shape index (κ2) is 17.3. The number of benzene rings is 1. The molecule has 0 aromatic heterocycles. The van der Waals surface area contributed by atoms with E-state index < -0.39 is 59.8 Å². The van der Waals surface area contributed by atoms with Crippen LogP contribution < -0.4 is 38.5 Å². The number of likely N-dealkylation sites (tertiary alicyclic amines) is 1. The van der Waals surface area contributed by atoms with E-state index in [0.717, 1.165) is 5.56 Å². The summed E-state index contributed by atoms with van der Waals surface area (Å²) in [5.41, 5.74) is 17.7. The van der Waals surface area contributed by atoms with Crippen molar-refractivity contribution in [1.29, 1.82) is 0 Å². The lowest BCUT2D eigenvalue weighted by Crippen LogP contribution is -2.58. The monoisotopic (exact) mass is 661 g/mol. The maximum absolute atomic E-state index is 13.9. The molecule has 3 rings (SSSR count). The number of rotatable bonds is 16. The number of nitrogens with zero attached hydrogens (tertiary/aromatic N) is 2. The van der Waals surface area contributed by atoms with Crippen molar-refractivity contribution in [3.8, 4) is 11.5 Å². The molecule has 13 N–H and O–H groups in total. The van der Waals surface area contributed by atoms with Crippen LogP contribution in [-0.4, -0.2) is 106 Å². The topological polar surface area (TPSA) is 288 Å². The Morgan fingerprint density at radius 1 is 0.979 bits per heavy atom. The fraction of sp³-hybridized carbons (Fsp3) is 0.600. The van der Waals surface area contributed by atoms with Crippen molar-refractivity contribution in [2.24, 2.45) is 22.2 Å². The van der Waals surface area contributed by atoms with Gasteiger partial charge in [-0.05, 0) is 88.1 Å². The molecule has 2 aliphatic heterocycles. The molecule has 0 unspecified atom stereocenters. The first-order valence-electron chi connectivity index (χ1n) is 15.8. The Balaban J connectivity index is 1.67. The number of guanidine groups is 1. The highest BCUT2D eigenvalue weighted by Crippen LogP contribution is 2.31. The first-order valence-corrected chi connectivity index (χ1v) is 15.8. The number of aliphatic carboxylic acids is 1. The number of nitrogens with two attached hydrogens (primary N) is 3. The molecule has 1 aromatic carbocycles. The van der Waals surface area contributed by atoms with Gasteiger partial charge in [0.2, 0.25) is 23.6 Å². The first-order chi connectivity index (χ1) is 22.3. The summed E-state index contributed by atoms with van der Waals surface area (Å²) in [6.45, 7) is 2.53. The molecule has 260 valence electrons. The Morgan fingerprint density at radius 2 is 1.66 bits per heavy atom. The molecule has 1 fully saturated rings. The highest BCUT2D eigenvalue weighted by atomic mass is 16.4. The fourth-order valence-corrected chi connectivity index (χ4v) is 5.69. The lowest BCUT2D eigenvalue weighted by molar-refractivity contribution is -0.143. The number of amides is 4. The summed E-state index contributed by atoms with van der Waals surface area (Å²) in [4.78, 5) is 70.2. The number of nitrogens with one attached hydrogen (secondary N) is 4. The van der Waals surface area contributed by atoms with Crippen LogP contribution in [0.5, 0.6) is 11.5 Å². The van der Waals surface area contributed by atoms with Crippen molar-refractivity contribution < 1.29 is 39.3 Å². The summed E-state index contributed by atoms with van der Waals surface area (Å²) in [6, 6.07) is -2.04. The lowest BCUT2D eigenvalue weighted by Gasteiger charge is -2.31. The van der Waals surface area contributed by atoms with E-state index >= 15 is 0 Å². The number of aliphatic imine (C=N–C) groups is 1. The number of carboxylic acid groups (broad SMARTS) is 1. The molecule has 1 saturated heterocycles. The number of unbranched alkanes of at least 4 members (excludes halogenated alkanes) is 1. The van der Waals surface area contributed by atoms with Crippen LogP contribution in [0, 0.1) is 0 Å². The van der Waals surface area contributed by atoms with Crippen LogP contribution in [0.3, 0.4) is 0 Å². The van der Waals surface area contributed by atoms with E-state index in [1.165, 1.54) is 24.0 Å². The Labute approximate surface area is 272 Å². The first kappa shape index (κ1) is 36.8. The zero-order chi connectivity index (χ0) is 34.7. The molecule has 0 bridgehead atoms. The number of phenols is 2. The third-order valence-corrected chi connectivity index (χ3v) is 8.29. The number of carbonyl (C=O) groups is 5. The Bertz CT molecular complexity index is 1340.